The van der Waals surface area contributed by atoms with Crippen LogP contribution in [0, 0.1) is 5.92 Å². The van der Waals surface area contributed by atoms with Crippen LogP contribution < -0.4 is 4.90 Å². The van der Waals surface area contributed by atoms with Gasteiger partial charge in [-0.3, -0.25) is 0 Å². The van der Waals surface area contributed by atoms with E-state index in [1.165, 1.54) is 11.1 Å². The van der Waals surface area contributed by atoms with E-state index in [1.807, 2.05) is 13.8 Å². The zero-order valence-corrected chi connectivity index (χ0v) is 17.3. The van der Waals surface area contributed by atoms with Gasteiger partial charge in [-0.25, -0.2) is 0 Å². The summed E-state index contributed by atoms with van der Waals surface area (Å²) in [6, 6.07) is 8.59. The van der Waals surface area contributed by atoms with Gasteiger partial charge in [0.15, 0.2) is 0 Å². The average Bonchev–Trinajstić information content (AvgIpc) is 2.67. The molecule has 4 heteroatoms. The first-order valence-corrected chi connectivity index (χ1v) is 9.70. The standard InChI is InChI=1S/C23H33NO3/c1-17(2)27-16-19-6-7-21(22(12-19)14-25)13-24(4)23-10-8-20(9-11-23)18(3)15-26-5/h6-11,14,17-18,22H,12-13,15-16H2,1-5H3. The first-order chi connectivity index (χ1) is 12.9. The number of hydrogen-bond acceptors (Lipinski definition) is 4. The first-order valence-electron chi connectivity index (χ1n) is 9.70. The smallest absolute Gasteiger partial charge is 0.127 e. The van der Waals surface area contributed by atoms with E-state index in [0.29, 0.717) is 12.5 Å². The monoisotopic (exact) mass is 371 g/mol. The molecule has 1 aliphatic rings. The van der Waals surface area contributed by atoms with Crippen molar-refractivity contribution >= 4 is 12.0 Å². The Balaban J connectivity index is 2.02. The summed E-state index contributed by atoms with van der Waals surface area (Å²) in [7, 11) is 3.80. The SMILES string of the molecule is COCC(C)c1ccc(N(C)CC2=CC=C(COC(C)C)CC2C=O)cc1. The van der Waals surface area contributed by atoms with Crippen LogP contribution in [-0.2, 0) is 14.3 Å². The first kappa shape index (κ1) is 21.4. The van der Waals surface area contributed by atoms with Gasteiger partial charge >= 0.3 is 0 Å². The Bertz CT molecular complexity index is 661. The molecular formula is C23H33NO3. The quantitative estimate of drug-likeness (QED) is 0.573. The lowest BCUT2D eigenvalue weighted by Crippen LogP contribution is -2.26. The van der Waals surface area contributed by atoms with E-state index in [1.54, 1.807) is 7.11 Å². The number of carbonyl (C=O) groups is 1. The van der Waals surface area contributed by atoms with Gasteiger partial charge in [0.25, 0.3) is 0 Å². The van der Waals surface area contributed by atoms with Crippen molar-refractivity contribution < 1.29 is 14.3 Å². The fourth-order valence-corrected chi connectivity index (χ4v) is 3.29. The molecule has 0 amide bonds. The largest absolute Gasteiger partial charge is 0.384 e. The minimum Gasteiger partial charge on any atom is -0.384 e. The number of carbonyl (C=O) groups excluding carboxylic acids is 1. The van der Waals surface area contributed by atoms with Crippen LogP contribution >= 0.6 is 0 Å². The summed E-state index contributed by atoms with van der Waals surface area (Å²) >= 11 is 0. The lowest BCUT2D eigenvalue weighted by molar-refractivity contribution is -0.110. The Morgan fingerprint density at radius 2 is 1.89 bits per heavy atom. The molecule has 1 aliphatic carbocycles. The van der Waals surface area contributed by atoms with E-state index in [0.717, 1.165) is 37.1 Å². The molecule has 1 aromatic carbocycles. The van der Waals surface area contributed by atoms with Gasteiger partial charge in [-0.1, -0.05) is 31.2 Å². The molecule has 0 saturated carbocycles. The summed E-state index contributed by atoms with van der Waals surface area (Å²) in [5, 5.41) is 0. The number of anilines is 1. The Hall–Kier alpha value is -1.91. The number of allylic oxidation sites excluding steroid dienone is 2. The van der Waals surface area contributed by atoms with E-state index in [2.05, 4.69) is 55.3 Å². The Morgan fingerprint density at radius 3 is 2.48 bits per heavy atom. The van der Waals surface area contributed by atoms with Crippen molar-refractivity contribution in [2.45, 2.75) is 39.2 Å². The molecule has 0 heterocycles. The molecule has 2 rings (SSSR count). The highest BCUT2D eigenvalue weighted by atomic mass is 16.5. The topological polar surface area (TPSA) is 38.8 Å². The van der Waals surface area contributed by atoms with Crippen molar-refractivity contribution in [1.82, 2.24) is 0 Å². The second kappa shape index (κ2) is 10.4. The van der Waals surface area contributed by atoms with E-state index in [4.69, 9.17) is 9.47 Å². The third-order valence-corrected chi connectivity index (χ3v) is 5.00. The summed E-state index contributed by atoms with van der Waals surface area (Å²) < 4.78 is 10.9. The summed E-state index contributed by atoms with van der Waals surface area (Å²) in [5.41, 5.74) is 4.75. The normalized spacial score (nSPS) is 18.1. The van der Waals surface area contributed by atoms with Crippen LogP contribution in [0.5, 0.6) is 0 Å². The average molecular weight is 372 g/mol. The number of rotatable bonds is 10. The molecule has 0 saturated heterocycles. The molecule has 0 spiro atoms. The van der Waals surface area contributed by atoms with Crippen LogP contribution in [0.15, 0.2) is 47.6 Å². The third-order valence-electron chi connectivity index (χ3n) is 5.00. The van der Waals surface area contributed by atoms with Crippen molar-refractivity contribution in [2.24, 2.45) is 5.92 Å². The Kier molecular flexibility index (Phi) is 8.26. The molecule has 0 N–H and O–H groups in total. The lowest BCUT2D eigenvalue weighted by Gasteiger charge is -2.27. The maximum atomic E-state index is 11.6. The van der Waals surface area contributed by atoms with Gasteiger partial charge in [0, 0.05) is 38.2 Å². The van der Waals surface area contributed by atoms with Gasteiger partial charge in [-0.05, 0) is 49.1 Å². The summed E-state index contributed by atoms with van der Waals surface area (Å²) in [5.74, 6) is 0.315. The molecule has 0 bridgehead atoms. The van der Waals surface area contributed by atoms with Crippen molar-refractivity contribution in [3.05, 3.63) is 53.1 Å². The molecule has 0 aromatic heterocycles. The highest BCUT2D eigenvalue weighted by Gasteiger charge is 2.20. The highest BCUT2D eigenvalue weighted by molar-refractivity contribution is 5.62. The number of aldehydes is 1. The van der Waals surface area contributed by atoms with Gasteiger partial charge in [-0.2, -0.15) is 0 Å². The second-order valence-corrected chi connectivity index (χ2v) is 7.68. The number of nitrogens with zero attached hydrogens (tertiary/aromatic N) is 1. The molecule has 2 unspecified atom stereocenters. The fourth-order valence-electron chi connectivity index (χ4n) is 3.29. The van der Waals surface area contributed by atoms with Crippen LogP contribution in [0.3, 0.4) is 0 Å². The molecule has 27 heavy (non-hydrogen) atoms. The second-order valence-electron chi connectivity index (χ2n) is 7.68. The van der Waals surface area contributed by atoms with Gasteiger partial charge in [0.05, 0.1) is 19.3 Å². The highest BCUT2D eigenvalue weighted by Crippen LogP contribution is 2.27. The van der Waals surface area contributed by atoms with Crippen LogP contribution in [0.2, 0.25) is 0 Å². The Morgan fingerprint density at radius 1 is 1.19 bits per heavy atom. The van der Waals surface area contributed by atoms with Crippen LogP contribution in [0.4, 0.5) is 5.69 Å². The van der Waals surface area contributed by atoms with Crippen molar-refractivity contribution in [3.63, 3.8) is 0 Å². The number of benzene rings is 1. The number of ether oxygens (including phenoxy) is 2. The third kappa shape index (κ3) is 6.33. The van der Waals surface area contributed by atoms with Gasteiger partial charge in [-0.15, -0.1) is 0 Å². The number of likely N-dealkylation sites (N-methyl/N-ethyl adjacent to an activating group) is 1. The van der Waals surface area contributed by atoms with E-state index in [-0.39, 0.29) is 12.0 Å². The van der Waals surface area contributed by atoms with Crippen LogP contribution in [-0.4, -0.2) is 46.3 Å². The van der Waals surface area contributed by atoms with Crippen molar-refractivity contribution in [1.29, 1.82) is 0 Å². The minimum absolute atomic E-state index is 0.0655. The zero-order valence-electron chi connectivity index (χ0n) is 17.3. The molecule has 148 valence electrons. The minimum atomic E-state index is -0.0655. The number of methoxy groups -OCH3 is 1. The zero-order chi connectivity index (χ0) is 19.8. The fraction of sp³-hybridized carbons (Fsp3) is 0.522. The predicted octanol–water partition coefficient (Wildman–Crippen LogP) is 4.37. The van der Waals surface area contributed by atoms with Gasteiger partial charge in [0.2, 0.25) is 0 Å². The molecular weight excluding hydrogens is 338 g/mol. The van der Waals surface area contributed by atoms with E-state index in [9.17, 15) is 4.79 Å². The van der Waals surface area contributed by atoms with E-state index < -0.39 is 0 Å². The van der Waals surface area contributed by atoms with Crippen molar-refractivity contribution in [2.75, 3.05) is 38.8 Å². The number of hydrogen-bond donors (Lipinski definition) is 0. The van der Waals surface area contributed by atoms with Crippen LogP contribution in [0.25, 0.3) is 0 Å². The molecule has 1 aromatic rings. The molecule has 2 atom stereocenters. The summed E-state index contributed by atoms with van der Waals surface area (Å²) in [4.78, 5) is 13.8. The van der Waals surface area contributed by atoms with E-state index >= 15 is 0 Å². The van der Waals surface area contributed by atoms with Crippen LogP contribution in [0.1, 0.15) is 38.7 Å². The molecule has 0 radical (unpaired) electrons. The van der Waals surface area contributed by atoms with Gasteiger partial charge < -0.3 is 19.2 Å². The van der Waals surface area contributed by atoms with Gasteiger partial charge in [0.1, 0.15) is 6.29 Å². The lowest BCUT2D eigenvalue weighted by atomic mass is 9.88. The summed E-state index contributed by atoms with van der Waals surface area (Å²) in [6.45, 7) is 8.28. The maximum absolute atomic E-state index is 11.6. The molecule has 4 nitrogen and oxygen atoms in total. The maximum Gasteiger partial charge on any atom is 0.127 e. The predicted molar refractivity (Wildman–Crippen MR) is 111 cm³/mol. The Labute approximate surface area is 163 Å². The summed E-state index contributed by atoms with van der Waals surface area (Å²) in [6.07, 6.45) is 6.22. The molecule has 0 fully saturated rings. The molecule has 0 aliphatic heterocycles. The van der Waals surface area contributed by atoms with Crippen molar-refractivity contribution in [3.8, 4) is 0 Å².